The Morgan fingerprint density at radius 1 is 0.821 bits per heavy atom. The van der Waals surface area contributed by atoms with Crippen molar-refractivity contribution in [3.8, 4) is 0 Å². The fourth-order valence-electron chi connectivity index (χ4n) is 3.11. The third-order valence-electron chi connectivity index (χ3n) is 5.02. The van der Waals surface area contributed by atoms with Gasteiger partial charge in [0.15, 0.2) is 6.73 Å². The van der Waals surface area contributed by atoms with E-state index in [4.69, 9.17) is 9.47 Å². The molecule has 0 bridgehead atoms. The van der Waals surface area contributed by atoms with Gasteiger partial charge in [0, 0.05) is 0 Å². The summed E-state index contributed by atoms with van der Waals surface area (Å²) >= 11 is 0. The molecule has 0 aliphatic rings. The van der Waals surface area contributed by atoms with Gasteiger partial charge >= 0.3 is 5.97 Å². The Balaban J connectivity index is 1.95. The van der Waals surface area contributed by atoms with Gasteiger partial charge in [0.1, 0.15) is 13.2 Å². The van der Waals surface area contributed by atoms with Gasteiger partial charge in [-0.3, -0.25) is 0 Å². The first-order valence-corrected chi connectivity index (χ1v) is 11.2. The molecule has 0 fully saturated rings. The number of esters is 1. The molecular weight excluding hydrogens is 350 g/mol. The van der Waals surface area contributed by atoms with E-state index in [1.165, 1.54) is 57.8 Å². The average molecular weight is 393 g/mol. The van der Waals surface area contributed by atoms with Crippen molar-refractivity contribution in [2.75, 3.05) is 40.6 Å². The summed E-state index contributed by atoms with van der Waals surface area (Å²) in [4.78, 5) is 11.9. The van der Waals surface area contributed by atoms with Gasteiger partial charge in [0.25, 0.3) is 0 Å². The SMILES string of the molecule is CCCCCCCCCCCCOC[N+](C)(C)CCOC(=O)c1ccccc1. The molecule has 1 aromatic carbocycles. The van der Waals surface area contributed by atoms with Gasteiger partial charge in [-0.15, -0.1) is 0 Å². The number of unbranched alkanes of at least 4 members (excludes halogenated alkanes) is 9. The van der Waals surface area contributed by atoms with Gasteiger partial charge in [-0.1, -0.05) is 82.9 Å². The number of quaternary nitrogens is 1. The van der Waals surface area contributed by atoms with Crippen LogP contribution in [-0.4, -0.2) is 51.0 Å². The van der Waals surface area contributed by atoms with Crippen LogP contribution in [0.4, 0.5) is 0 Å². The second-order valence-electron chi connectivity index (χ2n) is 8.38. The molecule has 0 spiro atoms. The zero-order valence-corrected chi connectivity index (χ0v) is 18.5. The quantitative estimate of drug-likeness (QED) is 0.145. The molecule has 0 unspecified atom stereocenters. The predicted octanol–water partition coefficient (Wildman–Crippen LogP) is 5.81. The zero-order chi connectivity index (χ0) is 20.5. The second kappa shape index (κ2) is 15.5. The second-order valence-corrected chi connectivity index (χ2v) is 8.38. The van der Waals surface area contributed by atoms with E-state index < -0.39 is 0 Å². The molecule has 0 aliphatic carbocycles. The van der Waals surface area contributed by atoms with E-state index in [1.54, 1.807) is 12.1 Å². The normalized spacial score (nSPS) is 11.5. The van der Waals surface area contributed by atoms with Gasteiger partial charge in [0.2, 0.25) is 0 Å². The molecule has 160 valence electrons. The number of ether oxygens (including phenoxy) is 2. The highest BCUT2D eigenvalue weighted by atomic mass is 16.5. The first-order chi connectivity index (χ1) is 13.5. The first kappa shape index (κ1) is 24.6. The van der Waals surface area contributed by atoms with E-state index >= 15 is 0 Å². The average Bonchev–Trinajstić information content (AvgIpc) is 2.69. The minimum absolute atomic E-state index is 0.258. The van der Waals surface area contributed by atoms with E-state index in [0.29, 0.717) is 23.4 Å². The van der Waals surface area contributed by atoms with E-state index in [-0.39, 0.29) is 5.97 Å². The molecule has 4 heteroatoms. The van der Waals surface area contributed by atoms with E-state index in [2.05, 4.69) is 21.0 Å². The third-order valence-corrected chi connectivity index (χ3v) is 5.02. The lowest BCUT2D eigenvalue weighted by atomic mass is 10.1. The van der Waals surface area contributed by atoms with Crippen LogP contribution in [0.3, 0.4) is 0 Å². The number of likely N-dealkylation sites (N-methyl/N-ethyl adjacent to an activating group) is 1. The maximum absolute atomic E-state index is 11.9. The van der Waals surface area contributed by atoms with Gasteiger partial charge in [-0.05, 0) is 18.6 Å². The number of benzene rings is 1. The maximum Gasteiger partial charge on any atom is 0.338 e. The van der Waals surface area contributed by atoms with E-state index in [0.717, 1.165) is 19.6 Å². The summed E-state index contributed by atoms with van der Waals surface area (Å²) in [5.41, 5.74) is 0.602. The molecule has 0 saturated carbocycles. The van der Waals surface area contributed by atoms with Crippen molar-refractivity contribution in [2.24, 2.45) is 0 Å². The molecule has 0 radical (unpaired) electrons. The highest BCUT2D eigenvalue weighted by Gasteiger charge is 2.16. The molecular formula is C24H42NO3+. The van der Waals surface area contributed by atoms with Crippen molar-refractivity contribution in [3.63, 3.8) is 0 Å². The molecule has 1 aromatic rings. The molecule has 0 aliphatic heterocycles. The minimum atomic E-state index is -0.258. The lowest BCUT2D eigenvalue weighted by Gasteiger charge is -2.28. The van der Waals surface area contributed by atoms with Crippen molar-refractivity contribution in [1.82, 2.24) is 0 Å². The zero-order valence-electron chi connectivity index (χ0n) is 18.5. The highest BCUT2D eigenvalue weighted by molar-refractivity contribution is 5.89. The Morgan fingerprint density at radius 3 is 2.00 bits per heavy atom. The molecule has 1 rings (SSSR count). The maximum atomic E-state index is 11.9. The summed E-state index contributed by atoms with van der Waals surface area (Å²) in [6.07, 6.45) is 13.4. The van der Waals surface area contributed by atoms with Crippen LogP contribution < -0.4 is 0 Å². The summed E-state index contributed by atoms with van der Waals surface area (Å²) in [7, 11) is 4.21. The Hall–Kier alpha value is -1.39. The van der Waals surface area contributed by atoms with E-state index in [9.17, 15) is 4.79 Å². The predicted molar refractivity (Wildman–Crippen MR) is 116 cm³/mol. The fourth-order valence-corrected chi connectivity index (χ4v) is 3.11. The molecule has 0 atom stereocenters. The van der Waals surface area contributed by atoms with Crippen molar-refractivity contribution in [2.45, 2.75) is 71.1 Å². The summed E-state index contributed by atoms with van der Waals surface area (Å²) < 4.78 is 11.9. The Bertz CT molecular complexity index is 502. The van der Waals surface area contributed by atoms with Crippen molar-refractivity contribution in [1.29, 1.82) is 0 Å². The molecule has 28 heavy (non-hydrogen) atoms. The van der Waals surface area contributed by atoms with Gasteiger partial charge in [0.05, 0.1) is 26.3 Å². The van der Waals surface area contributed by atoms with Crippen LogP contribution in [0.2, 0.25) is 0 Å². The van der Waals surface area contributed by atoms with Crippen molar-refractivity contribution in [3.05, 3.63) is 35.9 Å². The van der Waals surface area contributed by atoms with Gasteiger partial charge < -0.3 is 14.0 Å². The monoisotopic (exact) mass is 392 g/mol. The van der Waals surface area contributed by atoms with Gasteiger partial charge in [-0.25, -0.2) is 4.79 Å². The summed E-state index contributed by atoms with van der Waals surface area (Å²) in [6, 6.07) is 9.13. The van der Waals surface area contributed by atoms with Crippen LogP contribution in [0, 0.1) is 0 Å². The highest BCUT2D eigenvalue weighted by Crippen LogP contribution is 2.10. The number of carbonyl (C=O) groups excluding carboxylic acids is 1. The minimum Gasteiger partial charge on any atom is -0.456 e. The Labute approximate surface area is 172 Å². The standard InChI is InChI=1S/C24H42NO3/c1-4-5-6-7-8-9-10-11-12-16-20-27-22-25(2,3)19-21-28-24(26)23-17-14-13-15-18-23/h13-15,17-18H,4-12,16,19-22H2,1-3H3/q+1. The molecule has 0 aromatic heterocycles. The van der Waals surface area contributed by atoms with Crippen molar-refractivity contribution < 1.29 is 18.8 Å². The molecule has 4 nitrogen and oxygen atoms in total. The number of hydrogen-bond donors (Lipinski definition) is 0. The van der Waals surface area contributed by atoms with Crippen LogP contribution in [0.5, 0.6) is 0 Å². The van der Waals surface area contributed by atoms with Crippen LogP contribution in [0.15, 0.2) is 30.3 Å². The molecule has 0 saturated heterocycles. The van der Waals surface area contributed by atoms with E-state index in [1.807, 2.05) is 18.2 Å². The molecule has 0 N–H and O–H groups in total. The lowest BCUT2D eigenvalue weighted by Crippen LogP contribution is -2.44. The molecule has 0 heterocycles. The largest absolute Gasteiger partial charge is 0.456 e. The third kappa shape index (κ3) is 12.9. The smallest absolute Gasteiger partial charge is 0.338 e. The fraction of sp³-hybridized carbons (Fsp3) is 0.708. The van der Waals surface area contributed by atoms with Gasteiger partial charge in [-0.2, -0.15) is 0 Å². The summed E-state index contributed by atoms with van der Waals surface area (Å²) in [5.74, 6) is -0.258. The summed E-state index contributed by atoms with van der Waals surface area (Å²) in [5, 5.41) is 0. The Kier molecular flexibility index (Phi) is 13.7. The summed E-state index contributed by atoms with van der Waals surface area (Å²) in [6.45, 7) is 4.89. The van der Waals surface area contributed by atoms with Crippen LogP contribution in [0.1, 0.15) is 81.5 Å². The number of rotatable bonds is 17. The molecule has 0 amide bonds. The van der Waals surface area contributed by atoms with Crippen LogP contribution in [0.25, 0.3) is 0 Å². The topological polar surface area (TPSA) is 35.5 Å². The van der Waals surface area contributed by atoms with Crippen molar-refractivity contribution >= 4 is 5.97 Å². The Morgan fingerprint density at radius 2 is 1.39 bits per heavy atom. The number of hydrogen-bond acceptors (Lipinski definition) is 3. The number of carbonyl (C=O) groups is 1. The van der Waals surface area contributed by atoms with Crippen LogP contribution in [-0.2, 0) is 9.47 Å². The van der Waals surface area contributed by atoms with Crippen LogP contribution >= 0.6 is 0 Å². The number of nitrogens with zero attached hydrogens (tertiary/aromatic N) is 1. The first-order valence-electron chi connectivity index (χ1n) is 11.2. The lowest BCUT2D eigenvalue weighted by molar-refractivity contribution is -0.909.